The Bertz CT molecular complexity index is 415. The van der Waals surface area contributed by atoms with Crippen molar-refractivity contribution in [2.24, 2.45) is 5.92 Å². The van der Waals surface area contributed by atoms with E-state index in [1.807, 2.05) is 13.1 Å². The summed E-state index contributed by atoms with van der Waals surface area (Å²) in [5, 5.41) is 3.25. The zero-order valence-electron chi connectivity index (χ0n) is 11.7. The molecule has 19 heavy (non-hydrogen) atoms. The number of carbonyl (C=O) groups excluding carboxylic acids is 1. The van der Waals surface area contributed by atoms with Crippen LogP contribution in [-0.2, 0) is 11.3 Å². The molecule has 0 amide bonds. The van der Waals surface area contributed by atoms with Gasteiger partial charge < -0.3 is 15.0 Å². The number of carbonyl (C=O) groups is 1. The first-order valence-electron chi connectivity index (χ1n) is 6.86. The molecule has 2 heterocycles. The lowest BCUT2D eigenvalue weighted by molar-refractivity contribution is 0.0594. The molecule has 1 aromatic heterocycles. The molecule has 2 rings (SSSR count). The van der Waals surface area contributed by atoms with E-state index in [1.54, 1.807) is 6.07 Å². The average Bonchev–Trinajstić information content (AvgIpc) is 2.87. The minimum absolute atomic E-state index is 0.307. The van der Waals surface area contributed by atoms with Crippen LogP contribution in [0.2, 0.25) is 0 Å². The second-order valence-corrected chi connectivity index (χ2v) is 5.19. The van der Waals surface area contributed by atoms with Gasteiger partial charge in [0.25, 0.3) is 0 Å². The van der Waals surface area contributed by atoms with Crippen molar-refractivity contribution < 1.29 is 9.53 Å². The van der Waals surface area contributed by atoms with Gasteiger partial charge in [0.2, 0.25) is 0 Å². The maximum absolute atomic E-state index is 11.4. The molecule has 1 fully saturated rings. The van der Waals surface area contributed by atoms with E-state index in [2.05, 4.69) is 15.2 Å². The maximum atomic E-state index is 11.4. The summed E-state index contributed by atoms with van der Waals surface area (Å²) in [6.45, 7) is 4.20. The molecule has 0 spiro atoms. The molecule has 5 nitrogen and oxygen atoms in total. The van der Waals surface area contributed by atoms with Gasteiger partial charge in [-0.25, -0.2) is 4.79 Å². The van der Waals surface area contributed by atoms with Crippen LogP contribution in [0.25, 0.3) is 0 Å². The van der Waals surface area contributed by atoms with Crippen LogP contribution in [0, 0.1) is 5.92 Å². The molecular weight excluding hydrogens is 242 g/mol. The number of aromatic amines is 1. The Hall–Kier alpha value is -1.33. The number of methoxy groups -OCH3 is 1. The lowest BCUT2D eigenvalue weighted by atomic mass is 9.98. The molecular formula is C14H23N3O2. The number of nitrogens with one attached hydrogen (secondary N) is 2. The van der Waals surface area contributed by atoms with Crippen LogP contribution in [0.5, 0.6) is 0 Å². The summed E-state index contributed by atoms with van der Waals surface area (Å²) in [7, 11) is 3.41. The van der Waals surface area contributed by atoms with Gasteiger partial charge in [-0.05, 0) is 51.0 Å². The average molecular weight is 265 g/mol. The van der Waals surface area contributed by atoms with E-state index in [0.29, 0.717) is 5.69 Å². The van der Waals surface area contributed by atoms with Crippen LogP contribution in [0.3, 0.4) is 0 Å². The van der Waals surface area contributed by atoms with Gasteiger partial charge in [-0.3, -0.25) is 4.90 Å². The largest absolute Gasteiger partial charge is 0.464 e. The van der Waals surface area contributed by atoms with E-state index in [-0.39, 0.29) is 5.97 Å². The molecule has 1 aliphatic heterocycles. The van der Waals surface area contributed by atoms with Gasteiger partial charge in [0, 0.05) is 18.8 Å². The molecule has 2 N–H and O–H groups in total. The van der Waals surface area contributed by atoms with Gasteiger partial charge in [0.05, 0.1) is 7.11 Å². The standard InChI is InChI=1S/C14H23N3O2/c1-15-8-11-4-3-7-17(9-11)10-12-5-6-13(16-12)14(18)19-2/h5-6,11,15-16H,3-4,7-10H2,1-2H3/t11-/m1/s1. The highest BCUT2D eigenvalue weighted by molar-refractivity contribution is 5.87. The first-order valence-corrected chi connectivity index (χ1v) is 6.86. The van der Waals surface area contributed by atoms with Crippen molar-refractivity contribution >= 4 is 5.97 Å². The third kappa shape index (κ3) is 3.81. The minimum Gasteiger partial charge on any atom is -0.464 e. The van der Waals surface area contributed by atoms with Gasteiger partial charge in [-0.2, -0.15) is 0 Å². The maximum Gasteiger partial charge on any atom is 0.354 e. The van der Waals surface area contributed by atoms with Gasteiger partial charge in [-0.1, -0.05) is 0 Å². The molecule has 0 bridgehead atoms. The predicted octanol–water partition coefficient (Wildman–Crippen LogP) is 1.23. The Morgan fingerprint density at radius 2 is 2.42 bits per heavy atom. The van der Waals surface area contributed by atoms with Crippen LogP contribution in [0.1, 0.15) is 29.0 Å². The molecule has 0 unspecified atom stereocenters. The number of rotatable bonds is 5. The number of hydrogen-bond donors (Lipinski definition) is 2. The Labute approximate surface area is 114 Å². The zero-order chi connectivity index (χ0) is 13.7. The molecule has 0 aromatic carbocycles. The third-order valence-corrected chi connectivity index (χ3v) is 3.64. The fraction of sp³-hybridized carbons (Fsp3) is 0.643. The lowest BCUT2D eigenvalue weighted by Gasteiger charge is -2.32. The van der Waals surface area contributed by atoms with Crippen molar-refractivity contribution in [3.05, 3.63) is 23.5 Å². The number of likely N-dealkylation sites (tertiary alicyclic amines) is 1. The van der Waals surface area contributed by atoms with E-state index >= 15 is 0 Å². The molecule has 1 atom stereocenters. The number of hydrogen-bond acceptors (Lipinski definition) is 4. The number of piperidine rings is 1. The molecule has 0 aliphatic carbocycles. The van der Waals surface area contributed by atoms with E-state index < -0.39 is 0 Å². The summed E-state index contributed by atoms with van der Waals surface area (Å²) < 4.78 is 4.70. The number of nitrogens with zero attached hydrogens (tertiary/aromatic N) is 1. The number of H-pyrrole nitrogens is 1. The summed E-state index contributed by atoms with van der Waals surface area (Å²) >= 11 is 0. The first-order chi connectivity index (χ1) is 9.22. The highest BCUT2D eigenvalue weighted by atomic mass is 16.5. The highest BCUT2D eigenvalue weighted by Gasteiger charge is 2.20. The van der Waals surface area contributed by atoms with Crippen LogP contribution in [-0.4, -0.2) is 49.6 Å². The van der Waals surface area contributed by atoms with Crippen molar-refractivity contribution in [3.63, 3.8) is 0 Å². The molecule has 5 heteroatoms. The topological polar surface area (TPSA) is 57.4 Å². The number of aromatic nitrogens is 1. The van der Waals surface area contributed by atoms with Crippen LogP contribution < -0.4 is 5.32 Å². The van der Waals surface area contributed by atoms with E-state index in [1.165, 1.54) is 20.0 Å². The second kappa shape index (κ2) is 6.73. The monoisotopic (exact) mass is 265 g/mol. The summed E-state index contributed by atoms with van der Waals surface area (Å²) in [6, 6.07) is 3.75. The fourth-order valence-electron chi connectivity index (χ4n) is 2.75. The van der Waals surface area contributed by atoms with Gasteiger partial charge >= 0.3 is 5.97 Å². The number of esters is 1. The van der Waals surface area contributed by atoms with E-state index in [9.17, 15) is 4.79 Å². The molecule has 1 saturated heterocycles. The van der Waals surface area contributed by atoms with Crippen LogP contribution in [0.4, 0.5) is 0 Å². The van der Waals surface area contributed by atoms with Crippen molar-refractivity contribution in [1.29, 1.82) is 0 Å². The quantitative estimate of drug-likeness (QED) is 0.786. The molecule has 0 saturated carbocycles. The summed E-state index contributed by atoms with van der Waals surface area (Å²) in [5.74, 6) is 0.423. The Kier molecular flexibility index (Phi) is 4.99. The summed E-state index contributed by atoms with van der Waals surface area (Å²) in [6.07, 6.45) is 2.55. The van der Waals surface area contributed by atoms with Gasteiger partial charge in [0.15, 0.2) is 0 Å². The Morgan fingerprint density at radius 3 is 3.16 bits per heavy atom. The SMILES string of the molecule is CNC[C@H]1CCCN(Cc2ccc(C(=O)OC)[nH]2)C1. The summed E-state index contributed by atoms with van der Waals surface area (Å²) in [4.78, 5) is 16.9. The minimum atomic E-state index is -0.307. The van der Waals surface area contributed by atoms with Crippen molar-refractivity contribution in [3.8, 4) is 0 Å². The molecule has 1 aliphatic rings. The van der Waals surface area contributed by atoms with E-state index in [4.69, 9.17) is 4.74 Å². The lowest BCUT2D eigenvalue weighted by Crippen LogP contribution is -2.38. The summed E-state index contributed by atoms with van der Waals surface area (Å²) in [5.41, 5.74) is 1.60. The Balaban J connectivity index is 1.89. The second-order valence-electron chi connectivity index (χ2n) is 5.19. The van der Waals surface area contributed by atoms with Crippen molar-refractivity contribution in [2.75, 3.05) is 33.8 Å². The molecule has 106 valence electrons. The molecule has 1 aromatic rings. The zero-order valence-corrected chi connectivity index (χ0v) is 11.7. The highest BCUT2D eigenvalue weighted by Crippen LogP contribution is 2.18. The predicted molar refractivity (Wildman–Crippen MR) is 74.1 cm³/mol. The van der Waals surface area contributed by atoms with Gasteiger partial charge in [0.1, 0.15) is 5.69 Å². The molecule has 0 radical (unpaired) electrons. The van der Waals surface area contributed by atoms with Crippen LogP contribution >= 0.6 is 0 Å². The number of ether oxygens (including phenoxy) is 1. The van der Waals surface area contributed by atoms with Crippen molar-refractivity contribution in [2.45, 2.75) is 19.4 Å². The van der Waals surface area contributed by atoms with Crippen molar-refractivity contribution in [1.82, 2.24) is 15.2 Å². The fourth-order valence-corrected chi connectivity index (χ4v) is 2.75. The van der Waals surface area contributed by atoms with Crippen LogP contribution in [0.15, 0.2) is 12.1 Å². The smallest absolute Gasteiger partial charge is 0.354 e. The van der Waals surface area contributed by atoms with Gasteiger partial charge in [-0.15, -0.1) is 0 Å². The normalized spacial score (nSPS) is 20.4. The first kappa shape index (κ1) is 14.1. The van der Waals surface area contributed by atoms with E-state index in [0.717, 1.165) is 37.8 Å². The third-order valence-electron chi connectivity index (χ3n) is 3.64. The Morgan fingerprint density at radius 1 is 1.58 bits per heavy atom.